The highest BCUT2D eigenvalue weighted by Crippen LogP contribution is 2.27. The maximum atomic E-state index is 12.7. The van der Waals surface area contributed by atoms with E-state index in [-0.39, 0.29) is 17.4 Å². The maximum absolute atomic E-state index is 12.7. The van der Waals surface area contributed by atoms with Crippen molar-refractivity contribution in [3.8, 4) is 0 Å². The summed E-state index contributed by atoms with van der Waals surface area (Å²) in [5.41, 5.74) is 8.32. The first-order valence-corrected chi connectivity index (χ1v) is 9.17. The standard InChI is InChI=1S/C11H13N5O2S3/c1-7-8(20-6-13-7)5-15(2)21(17,18)10-9(12)14-11-16(10)3-4-19-11/h3-4,6H,5,12H2,1-2H3. The van der Waals surface area contributed by atoms with Gasteiger partial charge in [-0.3, -0.25) is 4.40 Å². The molecule has 0 aromatic carbocycles. The van der Waals surface area contributed by atoms with Gasteiger partial charge in [0.1, 0.15) is 0 Å². The Hall–Kier alpha value is -1.49. The van der Waals surface area contributed by atoms with Gasteiger partial charge in [0.05, 0.1) is 11.2 Å². The summed E-state index contributed by atoms with van der Waals surface area (Å²) in [5.74, 6) is 0.0229. The van der Waals surface area contributed by atoms with Crippen molar-refractivity contribution >= 4 is 43.5 Å². The third-order valence-electron chi connectivity index (χ3n) is 3.11. The van der Waals surface area contributed by atoms with Gasteiger partial charge < -0.3 is 5.73 Å². The molecule has 3 rings (SSSR count). The molecule has 0 amide bonds. The van der Waals surface area contributed by atoms with Gasteiger partial charge in [0.2, 0.25) is 0 Å². The number of aromatic nitrogens is 3. The van der Waals surface area contributed by atoms with Gasteiger partial charge in [-0.15, -0.1) is 22.7 Å². The summed E-state index contributed by atoms with van der Waals surface area (Å²) in [6.45, 7) is 2.12. The second-order valence-electron chi connectivity index (χ2n) is 4.48. The molecule has 21 heavy (non-hydrogen) atoms. The first-order chi connectivity index (χ1) is 9.91. The summed E-state index contributed by atoms with van der Waals surface area (Å²) in [4.78, 5) is 9.68. The van der Waals surface area contributed by atoms with Crippen LogP contribution in [0.25, 0.3) is 4.96 Å². The zero-order valence-corrected chi connectivity index (χ0v) is 13.8. The Morgan fingerprint density at radius 2 is 2.19 bits per heavy atom. The lowest BCUT2D eigenvalue weighted by atomic mass is 10.4. The van der Waals surface area contributed by atoms with E-state index in [4.69, 9.17) is 5.73 Å². The molecule has 3 aromatic heterocycles. The molecule has 112 valence electrons. The van der Waals surface area contributed by atoms with Crippen LogP contribution in [0.1, 0.15) is 10.6 Å². The molecule has 0 aliphatic rings. The van der Waals surface area contributed by atoms with Crippen LogP contribution in [-0.2, 0) is 16.6 Å². The number of nitrogen functional groups attached to an aromatic ring is 1. The summed E-state index contributed by atoms with van der Waals surface area (Å²) in [5, 5.41) is 1.79. The molecular formula is C11H13N5O2S3. The number of hydrogen-bond acceptors (Lipinski definition) is 7. The molecule has 10 heteroatoms. The zero-order chi connectivity index (χ0) is 15.2. The van der Waals surface area contributed by atoms with Crippen LogP contribution < -0.4 is 5.73 Å². The van der Waals surface area contributed by atoms with E-state index in [1.807, 2.05) is 6.92 Å². The van der Waals surface area contributed by atoms with Gasteiger partial charge in [-0.05, 0) is 6.92 Å². The molecule has 2 N–H and O–H groups in total. The normalized spacial score (nSPS) is 12.5. The van der Waals surface area contributed by atoms with E-state index in [9.17, 15) is 8.42 Å². The summed E-state index contributed by atoms with van der Waals surface area (Å²) in [6, 6.07) is 0. The molecule has 0 unspecified atom stereocenters. The van der Waals surface area contributed by atoms with Crippen molar-refractivity contribution < 1.29 is 8.42 Å². The molecule has 3 aromatic rings. The summed E-state index contributed by atoms with van der Waals surface area (Å²) < 4.78 is 28.2. The lowest BCUT2D eigenvalue weighted by Crippen LogP contribution is -2.28. The highest BCUT2D eigenvalue weighted by molar-refractivity contribution is 7.89. The van der Waals surface area contributed by atoms with Crippen molar-refractivity contribution in [3.05, 3.63) is 27.7 Å². The fourth-order valence-corrected chi connectivity index (χ4v) is 4.94. The Labute approximate surface area is 129 Å². The molecule has 7 nitrogen and oxygen atoms in total. The number of anilines is 1. The maximum Gasteiger partial charge on any atom is 0.262 e. The monoisotopic (exact) mass is 343 g/mol. The molecule has 0 spiro atoms. The Morgan fingerprint density at radius 3 is 2.86 bits per heavy atom. The number of hydrogen-bond donors (Lipinski definition) is 1. The highest BCUT2D eigenvalue weighted by atomic mass is 32.2. The Balaban J connectivity index is 2.02. The summed E-state index contributed by atoms with van der Waals surface area (Å²) in [6.07, 6.45) is 1.65. The molecule has 0 saturated carbocycles. The van der Waals surface area contributed by atoms with E-state index in [2.05, 4.69) is 9.97 Å². The molecule has 0 fully saturated rings. The van der Waals surface area contributed by atoms with Crippen LogP contribution in [0.2, 0.25) is 0 Å². The predicted molar refractivity (Wildman–Crippen MR) is 83.0 cm³/mol. The molecule has 0 bridgehead atoms. The minimum Gasteiger partial charge on any atom is -0.381 e. The first kappa shape index (κ1) is 14.4. The minimum atomic E-state index is -3.72. The van der Waals surface area contributed by atoms with Crippen LogP contribution in [0.4, 0.5) is 5.82 Å². The molecule has 0 aliphatic carbocycles. The van der Waals surface area contributed by atoms with E-state index in [1.165, 1.54) is 38.4 Å². The summed E-state index contributed by atoms with van der Waals surface area (Å²) >= 11 is 2.77. The molecule has 0 aliphatic heterocycles. The number of nitrogens with zero attached hydrogens (tertiary/aromatic N) is 4. The van der Waals surface area contributed by atoms with Crippen molar-refractivity contribution in [3.63, 3.8) is 0 Å². The van der Waals surface area contributed by atoms with Gasteiger partial charge in [0.15, 0.2) is 15.8 Å². The number of rotatable bonds is 4. The van der Waals surface area contributed by atoms with Crippen molar-refractivity contribution in [1.82, 2.24) is 18.7 Å². The van der Waals surface area contributed by atoms with Gasteiger partial charge in [-0.25, -0.2) is 18.4 Å². The van der Waals surface area contributed by atoms with Gasteiger partial charge in [-0.1, -0.05) is 0 Å². The Bertz CT molecular complexity index is 892. The molecule has 0 saturated heterocycles. The van der Waals surface area contributed by atoms with Crippen molar-refractivity contribution in [1.29, 1.82) is 0 Å². The average Bonchev–Trinajstić information content (AvgIpc) is 3.06. The van der Waals surface area contributed by atoms with Gasteiger partial charge >= 0.3 is 0 Å². The quantitative estimate of drug-likeness (QED) is 0.776. The van der Waals surface area contributed by atoms with Crippen LogP contribution in [0, 0.1) is 6.92 Å². The van der Waals surface area contributed by atoms with E-state index in [0.717, 1.165) is 10.6 Å². The SMILES string of the molecule is Cc1ncsc1CN(C)S(=O)(=O)c1c(N)nc2sccn12. The lowest BCUT2D eigenvalue weighted by Gasteiger charge is -2.16. The number of nitrogens with two attached hydrogens (primary N) is 1. The third-order valence-corrected chi connectivity index (χ3v) is 6.63. The van der Waals surface area contributed by atoms with Crippen molar-refractivity contribution in [2.75, 3.05) is 12.8 Å². The van der Waals surface area contributed by atoms with Crippen LogP contribution in [0.3, 0.4) is 0 Å². The predicted octanol–water partition coefficient (Wildman–Crippen LogP) is 1.56. The molecule has 0 radical (unpaired) electrons. The first-order valence-electron chi connectivity index (χ1n) is 5.97. The fraction of sp³-hybridized carbons (Fsp3) is 0.273. The van der Waals surface area contributed by atoms with Gasteiger partial charge in [-0.2, -0.15) is 4.31 Å². The van der Waals surface area contributed by atoms with Crippen LogP contribution in [0.5, 0.6) is 0 Å². The highest BCUT2D eigenvalue weighted by Gasteiger charge is 2.29. The van der Waals surface area contributed by atoms with Crippen molar-refractivity contribution in [2.24, 2.45) is 0 Å². The fourth-order valence-electron chi connectivity index (χ4n) is 1.95. The topological polar surface area (TPSA) is 93.6 Å². The number of thiazole rings is 2. The zero-order valence-electron chi connectivity index (χ0n) is 11.3. The van der Waals surface area contributed by atoms with Gasteiger partial charge in [0.25, 0.3) is 10.0 Å². The second kappa shape index (κ2) is 5.05. The minimum absolute atomic E-state index is 0.0171. The Kier molecular flexibility index (Phi) is 3.48. The number of imidazole rings is 1. The van der Waals surface area contributed by atoms with E-state index >= 15 is 0 Å². The van der Waals surface area contributed by atoms with Gasteiger partial charge in [0, 0.05) is 30.0 Å². The number of fused-ring (bicyclic) bond motifs is 1. The smallest absolute Gasteiger partial charge is 0.262 e. The van der Waals surface area contributed by atoms with E-state index in [0.29, 0.717) is 4.96 Å². The van der Waals surface area contributed by atoms with Crippen LogP contribution in [-0.4, -0.2) is 34.1 Å². The van der Waals surface area contributed by atoms with E-state index < -0.39 is 10.0 Å². The molecule has 0 atom stereocenters. The average molecular weight is 343 g/mol. The third kappa shape index (κ3) is 2.33. The summed E-state index contributed by atoms with van der Waals surface area (Å²) in [7, 11) is -2.19. The Morgan fingerprint density at radius 1 is 1.43 bits per heavy atom. The lowest BCUT2D eigenvalue weighted by molar-refractivity contribution is 0.465. The van der Waals surface area contributed by atoms with E-state index in [1.54, 1.807) is 17.1 Å². The molecular weight excluding hydrogens is 330 g/mol. The largest absolute Gasteiger partial charge is 0.381 e. The molecule has 3 heterocycles. The number of sulfonamides is 1. The number of aryl methyl sites for hydroxylation is 1. The second-order valence-corrected chi connectivity index (χ2v) is 8.25. The van der Waals surface area contributed by atoms with Crippen molar-refractivity contribution in [2.45, 2.75) is 18.5 Å². The van der Waals surface area contributed by atoms with Crippen LogP contribution in [0.15, 0.2) is 22.1 Å². The van der Waals surface area contributed by atoms with Crippen LogP contribution >= 0.6 is 22.7 Å².